The topological polar surface area (TPSA) is 87.9 Å². The van der Waals surface area contributed by atoms with Gasteiger partial charge in [-0.3, -0.25) is 4.55 Å². The number of nitrogens with zero attached hydrogens (tertiary/aromatic N) is 4. The Hall–Kier alpha value is -1.77. The summed E-state index contributed by atoms with van der Waals surface area (Å²) < 4.78 is 33.8. The number of halogens is 1. The van der Waals surface area contributed by atoms with E-state index in [2.05, 4.69) is 10.2 Å². The Morgan fingerprint density at radius 2 is 1.91 bits per heavy atom. The lowest BCUT2D eigenvalue weighted by molar-refractivity contribution is -0.657. The lowest BCUT2D eigenvalue weighted by Gasteiger charge is -1.99. The summed E-state index contributed by atoms with van der Waals surface area (Å²) in [4.78, 5) is 0. The predicted octanol–water partition coefficient (Wildman–Crippen LogP) is 3.05. The molecule has 124 valence electrons. The fourth-order valence-corrected chi connectivity index (χ4v) is 2.69. The van der Waals surface area contributed by atoms with Crippen molar-refractivity contribution >= 4 is 33.4 Å². The molecule has 2 rings (SSSR count). The molecule has 0 amide bonds. The van der Waals surface area contributed by atoms with Crippen molar-refractivity contribution in [2.24, 2.45) is 17.3 Å². The number of hydrogen-bond donors (Lipinski definition) is 1. The Balaban J connectivity index is 2.02. The molecule has 0 aliphatic heterocycles. The van der Waals surface area contributed by atoms with Gasteiger partial charge in [0.1, 0.15) is 5.69 Å². The van der Waals surface area contributed by atoms with Crippen molar-refractivity contribution in [3.05, 3.63) is 41.7 Å². The maximum atomic E-state index is 10.7. The van der Waals surface area contributed by atoms with Gasteiger partial charge >= 0.3 is 5.95 Å². The molecule has 1 N–H and O–H groups in total. The summed E-state index contributed by atoms with van der Waals surface area (Å²) >= 11 is 5.82. The molecule has 1 heterocycles. The highest BCUT2D eigenvalue weighted by molar-refractivity contribution is 7.85. The molecule has 2 aromatic rings. The molecule has 0 fully saturated rings. The molecule has 1 aromatic heterocycles. The van der Waals surface area contributed by atoms with Gasteiger partial charge in [-0.15, -0.1) is 0 Å². The summed E-state index contributed by atoms with van der Waals surface area (Å²) in [6.07, 6.45) is 4.69. The van der Waals surface area contributed by atoms with Crippen LogP contribution in [0.5, 0.6) is 0 Å². The van der Waals surface area contributed by atoms with Gasteiger partial charge in [0.2, 0.25) is 0 Å². The Bertz CT molecular complexity index is 785. The Labute approximate surface area is 140 Å². The standard InChI is InChI=1S/C14H17ClN4O3S/c1-18-9-10-19(8-2-3-11-23(20,21)22)14(18)17-16-13-6-4-12(15)5-7-13/h4-7,9-10H,2-3,8,11H2,1H3/p+1. The predicted molar refractivity (Wildman–Crippen MR) is 86.9 cm³/mol. The van der Waals surface area contributed by atoms with Gasteiger partial charge in [0.15, 0.2) is 0 Å². The number of rotatable bonds is 7. The number of unbranched alkanes of at least 4 members (excludes halogenated alkanes) is 1. The van der Waals surface area contributed by atoms with Gasteiger partial charge in [0.25, 0.3) is 10.1 Å². The van der Waals surface area contributed by atoms with Crippen LogP contribution >= 0.6 is 11.6 Å². The molecule has 7 nitrogen and oxygen atoms in total. The van der Waals surface area contributed by atoms with Crippen molar-refractivity contribution in [1.29, 1.82) is 0 Å². The lowest BCUT2D eigenvalue weighted by Crippen LogP contribution is -2.25. The third-order valence-electron chi connectivity index (χ3n) is 3.18. The van der Waals surface area contributed by atoms with Crippen LogP contribution in [0.2, 0.25) is 5.02 Å². The van der Waals surface area contributed by atoms with Crippen molar-refractivity contribution in [1.82, 2.24) is 4.57 Å². The SMILES string of the molecule is C[n+]1ccn(CCCCS(=O)(=O)O)c1N=Nc1ccc(Cl)cc1. The second-order valence-corrected chi connectivity index (χ2v) is 7.08. The molecule has 1 aromatic carbocycles. The van der Waals surface area contributed by atoms with Crippen molar-refractivity contribution in [3.8, 4) is 0 Å². The summed E-state index contributed by atoms with van der Waals surface area (Å²) in [5.74, 6) is 0.411. The monoisotopic (exact) mass is 357 g/mol. The van der Waals surface area contributed by atoms with E-state index in [1.807, 2.05) is 28.6 Å². The Morgan fingerprint density at radius 3 is 2.57 bits per heavy atom. The maximum Gasteiger partial charge on any atom is 0.421 e. The van der Waals surface area contributed by atoms with E-state index in [0.717, 1.165) is 0 Å². The highest BCUT2D eigenvalue weighted by atomic mass is 35.5. The van der Waals surface area contributed by atoms with Crippen molar-refractivity contribution < 1.29 is 17.5 Å². The molecular formula is C14H18ClN4O3S+. The molecule has 0 unspecified atom stereocenters. The zero-order chi connectivity index (χ0) is 16.9. The molecule has 0 saturated carbocycles. The zero-order valence-corrected chi connectivity index (χ0v) is 14.2. The van der Waals surface area contributed by atoms with Crippen LogP contribution in [0.3, 0.4) is 0 Å². The molecule has 0 spiro atoms. The summed E-state index contributed by atoms with van der Waals surface area (Å²) in [6, 6.07) is 7.02. The van der Waals surface area contributed by atoms with E-state index >= 15 is 0 Å². The van der Waals surface area contributed by atoms with Crippen molar-refractivity contribution in [2.45, 2.75) is 19.4 Å². The molecule has 0 atom stereocenters. The molecule has 23 heavy (non-hydrogen) atoms. The van der Waals surface area contributed by atoms with Crippen LogP contribution in [0.1, 0.15) is 12.8 Å². The van der Waals surface area contributed by atoms with Gasteiger partial charge in [0.05, 0.1) is 31.7 Å². The van der Waals surface area contributed by atoms with E-state index in [1.54, 1.807) is 24.3 Å². The average Bonchev–Trinajstić information content (AvgIpc) is 2.83. The van der Waals surface area contributed by atoms with E-state index < -0.39 is 10.1 Å². The van der Waals surface area contributed by atoms with Crippen molar-refractivity contribution in [2.75, 3.05) is 5.75 Å². The zero-order valence-electron chi connectivity index (χ0n) is 12.6. The summed E-state index contributed by atoms with van der Waals surface area (Å²) in [5.41, 5.74) is 0.688. The van der Waals surface area contributed by atoms with Gasteiger partial charge in [-0.25, -0.2) is 9.13 Å². The Morgan fingerprint density at radius 1 is 1.22 bits per heavy atom. The molecule has 0 bridgehead atoms. The van der Waals surface area contributed by atoms with E-state index in [0.29, 0.717) is 36.0 Å². The lowest BCUT2D eigenvalue weighted by atomic mass is 10.3. The van der Waals surface area contributed by atoms with E-state index in [9.17, 15) is 8.42 Å². The van der Waals surface area contributed by atoms with Crippen LogP contribution in [0, 0.1) is 0 Å². The van der Waals surface area contributed by atoms with Crippen LogP contribution in [0.15, 0.2) is 46.9 Å². The van der Waals surface area contributed by atoms with Crippen LogP contribution in [-0.2, 0) is 23.7 Å². The average molecular weight is 358 g/mol. The van der Waals surface area contributed by atoms with Gasteiger partial charge in [-0.1, -0.05) is 16.7 Å². The van der Waals surface area contributed by atoms with E-state index in [1.165, 1.54) is 0 Å². The minimum absolute atomic E-state index is 0.234. The first kappa shape index (κ1) is 17.6. The van der Waals surface area contributed by atoms with Crippen LogP contribution in [0.25, 0.3) is 0 Å². The second-order valence-electron chi connectivity index (χ2n) is 5.07. The first-order valence-corrected chi connectivity index (χ1v) is 9.01. The summed E-state index contributed by atoms with van der Waals surface area (Å²) in [5, 5.41) is 9.04. The van der Waals surface area contributed by atoms with E-state index in [-0.39, 0.29) is 5.75 Å². The number of azo groups is 1. The van der Waals surface area contributed by atoms with Crippen LogP contribution in [0.4, 0.5) is 11.6 Å². The van der Waals surface area contributed by atoms with Crippen molar-refractivity contribution in [3.63, 3.8) is 0 Å². The molecular weight excluding hydrogens is 340 g/mol. The van der Waals surface area contributed by atoms with Gasteiger partial charge in [-0.2, -0.15) is 8.42 Å². The second kappa shape index (κ2) is 7.67. The maximum absolute atomic E-state index is 10.7. The highest BCUT2D eigenvalue weighted by Crippen LogP contribution is 2.19. The van der Waals surface area contributed by atoms with Gasteiger partial charge < -0.3 is 0 Å². The molecule has 0 saturated heterocycles. The third kappa shape index (κ3) is 5.74. The molecule has 0 radical (unpaired) electrons. The number of imidazole rings is 1. The van der Waals surface area contributed by atoms with Crippen LogP contribution in [-0.4, -0.2) is 23.3 Å². The summed E-state index contributed by atoms with van der Waals surface area (Å²) in [6.45, 7) is 0.589. The number of aryl methyl sites for hydroxylation is 2. The first-order valence-electron chi connectivity index (χ1n) is 7.02. The Kier molecular flexibility index (Phi) is 5.86. The highest BCUT2D eigenvalue weighted by Gasteiger charge is 2.14. The molecule has 0 aliphatic carbocycles. The quantitative estimate of drug-likeness (QED) is 0.357. The van der Waals surface area contributed by atoms with Gasteiger partial charge in [-0.05, 0) is 37.1 Å². The normalized spacial score (nSPS) is 12.1. The minimum atomic E-state index is -3.90. The fourth-order valence-electron chi connectivity index (χ4n) is 2.00. The van der Waals surface area contributed by atoms with E-state index in [4.69, 9.17) is 16.2 Å². The first-order chi connectivity index (χ1) is 10.8. The van der Waals surface area contributed by atoms with Gasteiger partial charge in [0, 0.05) is 10.1 Å². The third-order valence-corrected chi connectivity index (χ3v) is 4.23. The largest absolute Gasteiger partial charge is 0.421 e. The minimum Gasteiger partial charge on any atom is -0.286 e. The molecule has 9 heteroatoms. The molecule has 0 aliphatic rings. The number of aromatic nitrogens is 2. The smallest absolute Gasteiger partial charge is 0.286 e. The fraction of sp³-hybridized carbons (Fsp3) is 0.357. The summed E-state index contributed by atoms with van der Waals surface area (Å²) in [7, 11) is -2.05. The number of benzene rings is 1. The van der Waals surface area contributed by atoms with Crippen LogP contribution < -0.4 is 4.57 Å². The number of hydrogen-bond acceptors (Lipinski definition) is 4.